The lowest BCUT2D eigenvalue weighted by atomic mass is 10.2. The van der Waals surface area contributed by atoms with Gasteiger partial charge >= 0.3 is 5.97 Å². The second kappa shape index (κ2) is 8.18. The van der Waals surface area contributed by atoms with Crippen LogP contribution in [0.2, 0.25) is 0 Å². The van der Waals surface area contributed by atoms with Crippen molar-refractivity contribution in [1.29, 1.82) is 0 Å². The van der Waals surface area contributed by atoms with Crippen molar-refractivity contribution < 1.29 is 23.8 Å². The number of anilines is 1. The average Bonchev–Trinajstić information content (AvgIpc) is 3.07. The molecule has 0 unspecified atom stereocenters. The van der Waals surface area contributed by atoms with Crippen LogP contribution in [0.15, 0.2) is 30.5 Å². The normalized spacial score (nSPS) is 10.4. The number of nitrogens with one attached hydrogen (secondary N) is 1. The lowest BCUT2D eigenvalue weighted by molar-refractivity contribution is -0.119. The molecule has 8 heteroatoms. The maximum Gasteiger partial charge on any atom is 0.338 e. The summed E-state index contributed by atoms with van der Waals surface area (Å²) in [5.74, 6) is 0.368. The molecule has 0 spiro atoms. The van der Waals surface area contributed by atoms with Gasteiger partial charge in [-0.05, 0) is 32.0 Å². The summed E-state index contributed by atoms with van der Waals surface area (Å²) in [6.45, 7) is 3.48. The highest BCUT2D eigenvalue weighted by Gasteiger charge is 2.15. The van der Waals surface area contributed by atoms with Crippen LogP contribution in [0.1, 0.15) is 30.2 Å². The zero-order valence-electron chi connectivity index (χ0n) is 14.6. The van der Waals surface area contributed by atoms with Gasteiger partial charge in [0.2, 0.25) is 0 Å². The Labute approximate surface area is 145 Å². The van der Waals surface area contributed by atoms with Crippen LogP contribution in [0, 0.1) is 0 Å². The second-order valence-corrected chi connectivity index (χ2v) is 5.45. The lowest BCUT2D eigenvalue weighted by Crippen LogP contribution is -2.23. The minimum atomic E-state index is -0.631. The number of benzene rings is 1. The number of nitrogens with zero attached hydrogens (tertiary/aromatic N) is 2. The number of carbonyl (C=O) groups is 2. The summed E-state index contributed by atoms with van der Waals surface area (Å²) in [5.41, 5.74) is 0.262. The molecule has 2 aromatic rings. The van der Waals surface area contributed by atoms with Crippen LogP contribution in [0.4, 0.5) is 5.82 Å². The molecule has 0 fully saturated rings. The number of rotatable bonds is 7. The molecule has 1 N–H and O–H groups in total. The molecule has 2 rings (SSSR count). The highest BCUT2D eigenvalue weighted by molar-refractivity contribution is 5.95. The molecule has 0 saturated carbocycles. The Bertz CT molecular complexity index is 754. The molecule has 0 radical (unpaired) electrons. The van der Waals surface area contributed by atoms with E-state index in [0.29, 0.717) is 17.3 Å². The molecule has 0 atom stereocenters. The van der Waals surface area contributed by atoms with Gasteiger partial charge in [0.25, 0.3) is 5.91 Å². The number of amides is 1. The fourth-order valence-corrected chi connectivity index (χ4v) is 2.18. The van der Waals surface area contributed by atoms with Crippen molar-refractivity contribution in [3.8, 4) is 11.5 Å². The Kier molecular flexibility index (Phi) is 5.99. The first-order valence-electron chi connectivity index (χ1n) is 7.68. The molecule has 8 nitrogen and oxygen atoms in total. The molecule has 0 aliphatic carbocycles. The Balaban J connectivity index is 1.95. The molecule has 0 aliphatic rings. The van der Waals surface area contributed by atoms with E-state index in [1.54, 1.807) is 23.0 Å². The van der Waals surface area contributed by atoms with Crippen molar-refractivity contribution >= 4 is 17.7 Å². The molecular formula is C17H21N3O5. The third-order valence-corrected chi connectivity index (χ3v) is 3.38. The third kappa shape index (κ3) is 4.50. The summed E-state index contributed by atoms with van der Waals surface area (Å²) in [7, 11) is 2.97. The average molecular weight is 347 g/mol. The first kappa shape index (κ1) is 18.3. The molecule has 1 amide bonds. The first-order chi connectivity index (χ1) is 12.0. The Hall–Kier alpha value is -3.03. The predicted molar refractivity (Wildman–Crippen MR) is 91.1 cm³/mol. The van der Waals surface area contributed by atoms with Crippen LogP contribution in [0.3, 0.4) is 0 Å². The van der Waals surface area contributed by atoms with Gasteiger partial charge in [-0.25, -0.2) is 9.48 Å². The number of hydrogen-bond acceptors (Lipinski definition) is 6. The molecule has 1 aromatic carbocycles. The van der Waals surface area contributed by atoms with Gasteiger partial charge in [-0.1, -0.05) is 0 Å². The van der Waals surface area contributed by atoms with E-state index in [0.717, 1.165) is 0 Å². The molecule has 25 heavy (non-hydrogen) atoms. The number of methoxy groups -OCH3 is 2. The number of ether oxygens (including phenoxy) is 3. The van der Waals surface area contributed by atoms with E-state index in [2.05, 4.69) is 10.4 Å². The van der Waals surface area contributed by atoms with Crippen LogP contribution >= 0.6 is 0 Å². The van der Waals surface area contributed by atoms with E-state index in [1.807, 2.05) is 13.8 Å². The number of hydrogen-bond donors (Lipinski definition) is 1. The van der Waals surface area contributed by atoms with Crippen molar-refractivity contribution in [3.05, 3.63) is 36.0 Å². The van der Waals surface area contributed by atoms with Crippen LogP contribution in [-0.4, -0.2) is 42.5 Å². The molecule has 1 aromatic heterocycles. The lowest BCUT2D eigenvalue weighted by Gasteiger charge is -2.12. The summed E-state index contributed by atoms with van der Waals surface area (Å²) in [5, 5.41) is 6.77. The van der Waals surface area contributed by atoms with Crippen molar-refractivity contribution in [2.75, 3.05) is 26.1 Å². The van der Waals surface area contributed by atoms with E-state index >= 15 is 0 Å². The largest absolute Gasteiger partial charge is 0.493 e. The summed E-state index contributed by atoms with van der Waals surface area (Å²) >= 11 is 0. The maximum absolute atomic E-state index is 12.1. The minimum Gasteiger partial charge on any atom is -0.493 e. The summed E-state index contributed by atoms with van der Waals surface area (Å²) in [4.78, 5) is 24.0. The monoisotopic (exact) mass is 347 g/mol. The number of carbonyl (C=O) groups excluding carboxylic acids is 2. The molecule has 0 saturated heterocycles. The van der Waals surface area contributed by atoms with Gasteiger partial charge in [-0.3, -0.25) is 4.79 Å². The topological polar surface area (TPSA) is 91.7 Å². The standard InChI is InChI=1S/C17H21N3O5/c1-11(2)20-15(7-8-18-20)19-16(21)10-25-17(22)12-5-6-13(23-3)14(9-12)24-4/h5-9,11H,10H2,1-4H3,(H,19,21). The summed E-state index contributed by atoms with van der Waals surface area (Å²) in [6.07, 6.45) is 1.59. The fourth-order valence-electron chi connectivity index (χ4n) is 2.18. The van der Waals surface area contributed by atoms with Crippen molar-refractivity contribution in [3.63, 3.8) is 0 Å². The molecule has 1 heterocycles. The van der Waals surface area contributed by atoms with Gasteiger partial charge in [-0.15, -0.1) is 0 Å². The molecule has 0 aliphatic heterocycles. The van der Waals surface area contributed by atoms with E-state index in [1.165, 1.54) is 26.4 Å². The highest BCUT2D eigenvalue weighted by Crippen LogP contribution is 2.27. The quantitative estimate of drug-likeness (QED) is 0.773. The SMILES string of the molecule is COc1ccc(C(=O)OCC(=O)Nc2ccnn2C(C)C)cc1OC. The smallest absolute Gasteiger partial charge is 0.338 e. The van der Waals surface area contributed by atoms with Crippen LogP contribution in [-0.2, 0) is 9.53 Å². The summed E-state index contributed by atoms with van der Waals surface area (Å²) < 4.78 is 16.9. The van der Waals surface area contributed by atoms with Gasteiger partial charge in [0.1, 0.15) is 5.82 Å². The van der Waals surface area contributed by atoms with E-state index in [-0.39, 0.29) is 11.6 Å². The Morgan fingerprint density at radius 1 is 1.16 bits per heavy atom. The van der Waals surface area contributed by atoms with Gasteiger partial charge in [0.05, 0.1) is 26.0 Å². The highest BCUT2D eigenvalue weighted by atomic mass is 16.5. The van der Waals surface area contributed by atoms with Crippen LogP contribution in [0.5, 0.6) is 11.5 Å². The third-order valence-electron chi connectivity index (χ3n) is 3.38. The van der Waals surface area contributed by atoms with Gasteiger partial charge < -0.3 is 19.5 Å². The number of esters is 1. The van der Waals surface area contributed by atoms with Crippen LogP contribution in [0.25, 0.3) is 0 Å². The minimum absolute atomic E-state index is 0.0969. The first-order valence-corrected chi connectivity index (χ1v) is 7.68. The molecule has 0 bridgehead atoms. The van der Waals surface area contributed by atoms with E-state index in [9.17, 15) is 9.59 Å². The Morgan fingerprint density at radius 2 is 1.88 bits per heavy atom. The van der Waals surface area contributed by atoms with Crippen molar-refractivity contribution in [2.24, 2.45) is 0 Å². The Morgan fingerprint density at radius 3 is 2.52 bits per heavy atom. The number of aromatic nitrogens is 2. The van der Waals surface area contributed by atoms with Gasteiger partial charge in [-0.2, -0.15) is 5.10 Å². The second-order valence-electron chi connectivity index (χ2n) is 5.45. The zero-order chi connectivity index (χ0) is 18.4. The molecular weight excluding hydrogens is 326 g/mol. The predicted octanol–water partition coefficient (Wildman–Crippen LogP) is 2.28. The summed E-state index contributed by atoms with van der Waals surface area (Å²) in [6, 6.07) is 6.40. The van der Waals surface area contributed by atoms with Gasteiger partial charge in [0, 0.05) is 12.1 Å². The van der Waals surface area contributed by atoms with E-state index < -0.39 is 18.5 Å². The van der Waals surface area contributed by atoms with Crippen LogP contribution < -0.4 is 14.8 Å². The van der Waals surface area contributed by atoms with Crippen molar-refractivity contribution in [2.45, 2.75) is 19.9 Å². The molecule has 134 valence electrons. The zero-order valence-corrected chi connectivity index (χ0v) is 14.6. The maximum atomic E-state index is 12.1. The fraction of sp³-hybridized carbons (Fsp3) is 0.353. The van der Waals surface area contributed by atoms with Gasteiger partial charge in [0.15, 0.2) is 18.1 Å². The van der Waals surface area contributed by atoms with E-state index in [4.69, 9.17) is 14.2 Å². The van der Waals surface area contributed by atoms with Crippen molar-refractivity contribution in [1.82, 2.24) is 9.78 Å².